The lowest BCUT2D eigenvalue weighted by Gasteiger charge is -2.27. The molecule has 0 radical (unpaired) electrons. The molecular formula is C19H20F3N3O2S. The first-order valence-electron chi connectivity index (χ1n) is 8.88. The van der Waals surface area contributed by atoms with Crippen LogP contribution in [-0.2, 0) is 15.8 Å². The molecule has 1 fully saturated rings. The Labute approximate surface area is 164 Å². The van der Waals surface area contributed by atoms with Gasteiger partial charge in [0.15, 0.2) is 0 Å². The second-order valence-electron chi connectivity index (χ2n) is 6.52. The van der Waals surface area contributed by atoms with Crippen molar-refractivity contribution in [1.29, 1.82) is 0 Å². The monoisotopic (exact) mass is 411 g/mol. The van der Waals surface area contributed by atoms with Gasteiger partial charge in [0.2, 0.25) is 0 Å². The van der Waals surface area contributed by atoms with Crippen LogP contribution in [0.4, 0.5) is 18.9 Å². The highest BCUT2D eigenvalue weighted by molar-refractivity contribution is 7.08. The summed E-state index contributed by atoms with van der Waals surface area (Å²) in [6, 6.07) is 6.47. The third-order valence-corrected chi connectivity index (χ3v) is 5.35. The summed E-state index contributed by atoms with van der Waals surface area (Å²) in [5.41, 5.74) is -0.386. The number of benzene rings is 1. The van der Waals surface area contributed by atoms with Crippen LogP contribution in [0, 0.1) is 0 Å². The molecule has 0 saturated carbocycles. The van der Waals surface area contributed by atoms with Crippen molar-refractivity contribution in [3.8, 4) is 0 Å². The van der Waals surface area contributed by atoms with Crippen LogP contribution in [-0.4, -0.2) is 36.3 Å². The first-order valence-corrected chi connectivity index (χ1v) is 9.82. The maximum atomic E-state index is 13.0. The summed E-state index contributed by atoms with van der Waals surface area (Å²) in [6.07, 6.45) is -2.48. The number of rotatable bonds is 5. The number of anilines is 1. The first-order chi connectivity index (χ1) is 13.4. The second-order valence-corrected chi connectivity index (χ2v) is 7.30. The van der Waals surface area contributed by atoms with Gasteiger partial charge in [0.05, 0.1) is 17.3 Å². The van der Waals surface area contributed by atoms with Gasteiger partial charge in [-0.1, -0.05) is 12.1 Å². The highest BCUT2D eigenvalue weighted by atomic mass is 32.1. The number of halogens is 3. The fraction of sp³-hybridized carbons (Fsp3) is 0.368. The summed E-state index contributed by atoms with van der Waals surface area (Å²) in [6.45, 7) is 2.02. The van der Waals surface area contributed by atoms with Crippen LogP contribution in [0.5, 0.6) is 0 Å². The molecule has 2 aromatic rings. The molecule has 2 heterocycles. The van der Waals surface area contributed by atoms with Gasteiger partial charge in [-0.2, -0.15) is 24.5 Å². The summed E-state index contributed by atoms with van der Waals surface area (Å²) in [5.74, 6) is -2.08. The Hall–Kier alpha value is -2.39. The number of alkyl halides is 3. The summed E-state index contributed by atoms with van der Waals surface area (Å²) < 4.78 is 39.1. The van der Waals surface area contributed by atoms with Crippen molar-refractivity contribution in [3.05, 3.63) is 52.2 Å². The number of carbonyl (C=O) groups is 2. The van der Waals surface area contributed by atoms with E-state index in [0.29, 0.717) is 0 Å². The third kappa shape index (κ3) is 4.90. The molecule has 2 amide bonds. The number of carbonyl (C=O) groups excluding carboxylic acids is 2. The van der Waals surface area contributed by atoms with Crippen molar-refractivity contribution in [3.63, 3.8) is 0 Å². The zero-order valence-electron chi connectivity index (χ0n) is 15.0. The Morgan fingerprint density at radius 1 is 1.11 bits per heavy atom. The van der Waals surface area contributed by atoms with E-state index < -0.39 is 29.2 Å². The average Bonchev–Trinajstić information content (AvgIpc) is 3.36. The fourth-order valence-electron chi connectivity index (χ4n) is 3.26. The van der Waals surface area contributed by atoms with Gasteiger partial charge in [0.25, 0.3) is 0 Å². The van der Waals surface area contributed by atoms with Gasteiger partial charge in [0.1, 0.15) is 0 Å². The van der Waals surface area contributed by atoms with Gasteiger partial charge in [-0.3, -0.25) is 14.5 Å². The lowest BCUT2D eigenvalue weighted by atomic mass is 10.1. The van der Waals surface area contributed by atoms with Gasteiger partial charge in [-0.25, -0.2) is 0 Å². The summed E-state index contributed by atoms with van der Waals surface area (Å²) in [7, 11) is 0. The Morgan fingerprint density at radius 2 is 1.82 bits per heavy atom. The zero-order chi connectivity index (χ0) is 20.1. The SMILES string of the molecule is O=C(NCC(c1ccsc1)N1CCCC1)C(=O)Nc1ccccc1C(F)(F)F. The molecule has 1 saturated heterocycles. The Balaban J connectivity index is 1.63. The molecule has 1 aliphatic heterocycles. The number of hydrogen-bond donors (Lipinski definition) is 2. The molecule has 150 valence electrons. The van der Waals surface area contributed by atoms with E-state index in [1.165, 1.54) is 12.1 Å². The van der Waals surface area contributed by atoms with Crippen LogP contribution in [0.2, 0.25) is 0 Å². The number of amides is 2. The standard InChI is InChI=1S/C19H20F3N3O2S/c20-19(21,22)14-5-1-2-6-15(14)24-18(27)17(26)23-11-16(13-7-10-28-12-13)25-8-3-4-9-25/h1-2,5-7,10,12,16H,3-4,8-9,11H2,(H,23,26)(H,24,27). The van der Waals surface area contributed by atoms with Crippen molar-refractivity contribution < 1.29 is 22.8 Å². The van der Waals surface area contributed by atoms with Crippen LogP contribution in [0.1, 0.15) is 30.0 Å². The highest BCUT2D eigenvalue weighted by Crippen LogP contribution is 2.34. The minimum atomic E-state index is -4.62. The number of nitrogens with zero attached hydrogens (tertiary/aromatic N) is 1. The summed E-state index contributed by atoms with van der Waals surface area (Å²) >= 11 is 1.55. The maximum Gasteiger partial charge on any atom is 0.418 e. The number of para-hydroxylation sites is 1. The molecule has 3 rings (SSSR count). The van der Waals surface area contributed by atoms with Crippen molar-refractivity contribution in [1.82, 2.24) is 10.2 Å². The second kappa shape index (κ2) is 8.74. The Kier molecular flexibility index (Phi) is 6.35. The smallest absolute Gasteiger partial charge is 0.346 e. The molecule has 28 heavy (non-hydrogen) atoms. The van der Waals surface area contributed by atoms with Gasteiger partial charge < -0.3 is 10.6 Å². The molecule has 1 aromatic heterocycles. The number of likely N-dealkylation sites (tertiary alicyclic amines) is 1. The predicted octanol–water partition coefficient (Wildman–Crippen LogP) is 3.66. The van der Waals surface area contributed by atoms with Crippen LogP contribution in [0.25, 0.3) is 0 Å². The lowest BCUT2D eigenvalue weighted by Crippen LogP contribution is -2.41. The van der Waals surface area contributed by atoms with Crippen LogP contribution < -0.4 is 10.6 Å². The van der Waals surface area contributed by atoms with E-state index in [1.807, 2.05) is 16.8 Å². The molecule has 0 bridgehead atoms. The van der Waals surface area contributed by atoms with E-state index in [-0.39, 0.29) is 12.6 Å². The Morgan fingerprint density at radius 3 is 2.46 bits per heavy atom. The van der Waals surface area contributed by atoms with Gasteiger partial charge >= 0.3 is 18.0 Å². The van der Waals surface area contributed by atoms with Gasteiger partial charge in [-0.05, 0) is 60.5 Å². The zero-order valence-corrected chi connectivity index (χ0v) is 15.8. The fourth-order valence-corrected chi connectivity index (χ4v) is 3.97. The topological polar surface area (TPSA) is 61.4 Å². The van der Waals surface area contributed by atoms with Crippen molar-refractivity contribution >= 4 is 28.8 Å². The normalized spacial score (nSPS) is 16.0. The van der Waals surface area contributed by atoms with Crippen LogP contribution in [0.3, 0.4) is 0 Å². The van der Waals surface area contributed by atoms with E-state index in [2.05, 4.69) is 15.5 Å². The van der Waals surface area contributed by atoms with E-state index in [9.17, 15) is 22.8 Å². The van der Waals surface area contributed by atoms with E-state index >= 15 is 0 Å². The number of nitrogens with one attached hydrogen (secondary N) is 2. The van der Waals surface area contributed by atoms with Crippen molar-refractivity contribution in [2.45, 2.75) is 25.1 Å². The van der Waals surface area contributed by atoms with E-state index in [0.717, 1.165) is 43.6 Å². The molecule has 0 spiro atoms. The summed E-state index contributed by atoms with van der Waals surface area (Å²) in [4.78, 5) is 26.5. The average molecular weight is 411 g/mol. The minimum absolute atomic E-state index is 0.0621. The number of hydrogen-bond acceptors (Lipinski definition) is 4. The molecule has 1 atom stereocenters. The molecular weight excluding hydrogens is 391 g/mol. The van der Waals surface area contributed by atoms with Crippen LogP contribution in [0.15, 0.2) is 41.1 Å². The maximum absolute atomic E-state index is 13.0. The number of thiophene rings is 1. The molecule has 0 aliphatic carbocycles. The Bertz CT molecular complexity index is 818. The highest BCUT2D eigenvalue weighted by Gasteiger charge is 2.34. The molecule has 9 heteroatoms. The third-order valence-electron chi connectivity index (χ3n) is 4.65. The minimum Gasteiger partial charge on any atom is -0.346 e. The molecule has 1 aliphatic rings. The van der Waals surface area contributed by atoms with Gasteiger partial charge in [0, 0.05) is 6.54 Å². The molecule has 5 nitrogen and oxygen atoms in total. The van der Waals surface area contributed by atoms with Crippen molar-refractivity contribution in [2.75, 3.05) is 25.0 Å². The largest absolute Gasteiger partial charge is 0.418 e. The molecule has 1 unspecified atom stereocenters. The predicted molar refractivity (Wildman–Crippen MR) is 101 cm³/mol. The van der Waals surface area contributed by atoms with Gasteiger partial charge in [-0.15, -0.1) is 0 Å². The van der Waals surface area contributed by atoms with E-state index in [1.54, 1.807) is 11.3 Å². The quantitative estimate of drug-likeness (QED) is 0.739. The van der Waals surface area contributed by atoms with Crippen LogP contribution >= 0.6 is 11.3 Å². The van der Waals surface area contributed by atoms with E-state index in [4.69, 9.17) is 0 Å². The lowest BCUT2D eigenvalue weighted by molar-refractivity contribution is -0.138. The molecule has 1 aromatic carbocycles. The first kappa shape index (κ1) is 20.3. The van der Waals surface area contributed by atoms with Crippen molar-refractivity contribution in [2.24, 2.45) is 0 Å². The summed E-state index contributed by atoms with van der Waals surface area (Å²) in [5, 5.41) is 8.56. The molecule has 2 N–H and O–H groups in total.